The van der Waals surface area contributed by atoms with Gasteiger partial charge < -0.3 is 5.11 Å². The number of aliphatic hydroxyl groups is 1. The van der Waals surface area contributed by atoms with E-state index in [4.69, 9.17) is 5.11 Å². The van der Waals surface area contributed by atoms with Crippen molar-refractivity contribution in [2.24, 2.45) is 5.11 Å². The molecule has 0 radical (unpaired) electrons. The molecule has 0 saturated carbocycles. The molecule has 8 heavy (non-hydrogen) atoms. The van der Waals surface area contributed by atoms with Crippen LogP contribution < -0.4 is 0 Å². The number of hydrogen-bond donors (Lipinski definition) is 1. The van der Waals surface area contributed by atoms with Crippen molar-refractivity contribution in [3.8, 4) is 0 Å². The highest BCUT2D eigenvalue weighted by Crippen LogP contribution is 2.06. The summed E-state index contributed by atoms with van der Waals surface area (Å²) >= 11 is 0. The van der Waals surface area contributed by atoms with Crippen molar-refractivity contribution in [1.29, 1.82) is 0 Å². The van der Waals surface area contributed by atoms with Gasteiger partial charge in [-0.2, -0.15) is 0 Å². The maximum absolute atomic E-state index is 8.86. The molecule has 0 amide bonds. The molecule has 44 valence electrons. The first-order valence-corrected chi connectivity index (χ1v) is 2.55. The number of azo groups is 2. The number of nitrogens with zero attached hydrogens (tertiary/aromatic N) is 2. The van der Waals surface area contributed by atoms with Crippen LogP contribution >= 0.6 is 0 Å². The van der Waals surface area contributed by atoms with Crippen LogP contribution in [0.2, 0.25) is 0 Å². The molecule has 3 heteroatoms. The Morgan fingerprint density at radius 3 is 2.62 bits per heavy atom. The minimum atomic E-state index is 0.139. The molecule has 1 aliphatic rings. The van der Waals surface area contributed by atoms with E-state index in [2.05, 4.69) is 5.11 Å². The highest BCUT2D eigenvalue weighted by Gasteiger charge is 2.18. The van der Waals surface area contributed by atoms with Crippen molar-refractivity contribution in [1.82, 2.24) is 0 Å². The van der Waals surface area contributed by atoms with Crippen LogP contribution in [-0.2, 0) is 0 Å². The molecule has 0 saturated heterocycles. The van der Waals surface area contributed by atoms with Crippen molar-refractivity contribution in [2.75, 3.05) is 7.05 Å². The summed E-state index contributed by atoms with van der Waals surface area (Å²) in [6.45, 7) is 1.92. The normalized spacial score (nSPS) is 27.5. The first-order valence-electron chi connectivity index (χ1n) is 2.55. The Morgan fingerprint density at radius 2 is 2.50 bits per heavy atom. The lowest BCUT2D eigenvalue weighted by atomic mass is 10.4. The SMILES string of the molecule is CC1C=C(O)[N+](C)=N1. The lowest BCUT2D eigenvalue weighted by molar-refractivity contribution is -0.539. The predicted octanol–water partition coefficient (Wildman–Crippen LogP) is 0.882. The molecule has 0 aromatic carbocycles. The molecular formula is C5H9N2O+. The van der Waals surface area contributed by atoms with Crippen LogP contribution in [0.5, 0.6) is 0 Å². The highest BCUT2D eigenvalue weighted by atomic mass is 16.3. The quantitative estimate of drug-likeness (QED) is 0.465. The Kier molecular flexibility index (Phi) is 1.04. The summed E-state index contributed by atoms with van der Waals surface area (Å²) in [7, 11) is 1.72. The van der Waals surface area contributed by atoms with E-state index in [-0.39, 0.29) is 11.9 Å². The van der Waals surface area contributed by atoms with Gasteiger partial charge in [-0.1, -0.05) is 4.70 Å². The lowest BCUT2D eigenvalue weighted by Crippen LogP contribution is -1.95. The van der Waals surface area contributed by atoms with Crippen LogP contribution in [0.15, 0.2) is 17.1 Å². The summed E-state index contributed by atoms with van der Waals surface area (Å²) in [6, 6.07) is 0.139. The minimum Gasteiger partial charge on any atom is -0.458 e. The van der Waals surface area contributed by atoms with Crippen molar-refractivity contribution < 1.29 is 9.80 Å². The van der Waals surface area contributed by atoms with Crippen molar-refractivity contribution in [3.05, 3.63) is 12.0 Å². The minimum absolute atomic E-state index is 0.139. The second kappa shape index (κ2) is 1.58. The van der Waals surface area contributed by atoms with Crippen LogP contribution in [0.3, 0.4) is 0 Å². The van der Waals surface area contributed by atoms with Crippen LogP contribution in [0.1, 0.15) is 6.92 Å². The Bertz CT molecular complexity index is 142. The van der Waals surface area contributed by atoms with E-state index in [0.717, 1.165) is 0 Å². The molecule has 3 nitrogen and oxygen atoms in total. The second-order valence-corrected chi connectivity index (χ2v) is 1.90. The number of hydrogen-bond acceptors (Lipinski definition) is 2. The summed E-state index contributed by atoms with van der Waals surface area (Å²) in [6.07, 6.45) is 1.69. The third-order valence-electron chi connectivity index (χ3n) is 1.08. The van der Waals surface area contributed by atoms with E-state index < -0.39 is 0 Å². The molecule has 1 rings (SSSR count). The summed E-state index contributed by atoms with van der Waals surface area (Å²) < 4.78 is 1.46. The fourth-order valence-electron chi connectivity index (χ4n) is 0.689. The number of aliphatic hydroxyl groups excluding tert-OH is 1. The lowest BCUT2D eigenvalue weighted by Gasteiger charge is -1.78. The molecule has 0 bridgehead atoms. The van der Waals surface area contributed by atoms with Crippen LogP contribution in [-0.4, -0.2) is 22.9 Å². The number of rotatable bonds is 0. The van der Waals surface area contributed by atoms with Crippen molar-refractivity contribution >= 4 is 0 Å². The summed E-state index contributed by atoms with van der Waals surface area (Å²) in [5.74, 6) is 0.248. The topological polar surface area (TPSA) is 35.6 Å². The molecule has 1 unspecified atom stereocenters. The van der Waals surface area contributed by atoms with Crippen LogP contribution in [0, 0.1) is 0 Å². The van der Waals surface area contributed by atoms with Gasteiger partial charge in [0.15, 0.2) is 7.05 Å². The molecule has 1 atom stereocenters. The average molecular weight is 113 g/mol. The van der Waals surface area contributed by atoms with Gasteiger partial charge in [-0.15, -0.1) is 0 Å². The zero-order valence-electron chi connectivity index (χ0n) is 5.00. The van der Waals surface area contributed by atoms with Gasteiger partial charge in [-0.25, -0.2) is 0 Å². The molecule has 0 aromatic heterocycles. The van der Waals surface area contributed by atoms with E-state index >= 15 is 0 Å². The smallest absolute Gasteiger partial charge is 0.388 e. The van der Waals surface area contributed by atoms with Crippen LogP contribution in [0.25, 0.3) is 0 Å². The van der Waals surface area contributed by atoms with Gasteiger partial charge >= 0.3 is 5.88 Å². The molecular weight excluding hydrogens is 104 g/mol. The van der Waals surface area contributed by atoms with E-state index in [1.54, 1.807) is 13.1 Å². The standard InChI is InChI=1S/C5H8N2O/c1-4-3-5(8)7(2)6-4/h3-4H,1-2H3/p+1. The summed E-state index contributed by atoms with van der Waals surface area (Å²) in [5.41, 5.74) is 0. The fourth-order valence-corrected chi connectivity index (χ4v) is 0.689. The molecule has 0 aliphatic carbocycles. The maximum atomic E-state index is 8.86. The monoisotopic (exact) mass is 113 g/mol. The van der Waals surface area contributed by atoms with Gasteiger partial charge in [0.05, 0.1) is 6.08 Å². The third-order valence-corrected chi connectivity index (χ3v) is 1.08. The second-order valence-electron chi connectivity index (χ2n) is 1.90. The Morgan fingerprint density at radius 1 is 1.88 bits per heavy atom. The average Bonchev–Trinajstić information content (AvgIpc) is 1.85. The van der Waals surface area contributed by atoms with E-state index in [9.17, 15) is 0 Å². The molecule has 1 N–H and O–H groups in total. The summed E-state index contributed by atoms with van der Waals surface area (Å²) in [4.78, 5) is 0. The van der Waals surface area contributed by atoms with Gasteiger partial charge in [0.2, 0.25) is 0 Å². The van der Waals surface area contributed by atoms with Gasteiger partial charge in [0.1, 0.15) is 6.04 Å². The Hall–Kier alpha value is -0.860. The zero-order valence-corrected chi connectivity index (χ0v) is 5.00. The van der Waals surface area contributed by atoms with Crippen molar-refractivity contribution in [3.63, 3.8) is 0 Å². The third kappa shape index (κ3) is 0.710. The zero-order chi connectivity index (χ0) is 6.15. The fraction of sp³-hybridized carbons (Fsp3) is 0.600. The van der Waals surface area contributed by atoms with E-state index in [1.165, 1.54) is 4.70 Å². The molecule has 0 spiro atoms. The van der Waals surface area contributed by atoms with E-state index in [0.29, 0.717) is 0 Å². The van der Waals surface area contributed by atoms with Crippen molar-refractivity contribution in [2.45, 2.75) is 13.0 Å². The van der Waals surface area contributed by atoms with Gasteiger partial charge in [0.25, 0.3) is 0 Å². The highest BCUT2D eigenvalue weighted by molar-refractivity contribution is 4.91. The maximum Gasteiger partial charge on any atom is 0.388 e. The Balaban J connectivity index is 2.82. The van der Waals surface area contributed by atoms with Gasteiger partial charge in [-0.05, 0) is 12.0 Å². The largest absolute Gasteiger partial charge is 0.458 e. The van der Waals surface area contributed by atoms with Crippen LogP contribution in [0.4, 0.5) is 0 Å². The molecule has 0 aromatic rings. The summed E-state index contributed by atoms with van der Waals surface area (Å²) in [5, 5.41) is 12.8. The molecule has 1 aliphatic heterocycles. The first kappa shape index (κ1) is 5.28. The Labute approximate surface area is 48.0 Å². The van der Waals surface area contributed by atoms with E-state index in [1.807, 2.05) is 6.92 Å². The predicted molar refractivity (Wildman–Crippen MR) is 28.8 cm³/mol. The molecule has 0 fully saturated rings. The first-order chi connectivity index (χ1) is 3.70. The van der Waals surface area contributed by atoms with Gasteiger partial charge in [-0.3, -0.25) is 0 Å². The molecule has 1 heterocycles. The van der Waals surface area contributed by atoms with Gasteiger partial charge in [0, 0.05) is 0 Å².